The molecule has 158 valence electrons. The molecule has 0 fully saturated rings. The quantitative estimate of drug-likeness (QED) is 0.493. The molecule has 1 aliphatic heterocycles. The number of carbonyl (C=O) groups is 1. The van der Waals surface area contributed by atoms with E-state index in [4.69, 9.17) is 4.42 Å². The molecule has 0 atom stereocenters. The molecule has 4 aromatic rings. The molecule has 0 spiro atoms. The van der Waals surface area contributed by atoms with Crippen LogP contribution in [0.25, 0.3) is 11.0 Å². The molecule has 8 heteroatoms. The highest BCUT2D eigenvalue weighted by atomic mass is 35.5. The zero-order valence-electron chi connectivity index (χ0n) is 16.5. The largest absolute Gasteiger partial charge is 0.451 e. The maximum Gasteiger partial charge on any atom is 0.293 e. The van der Waals surface area contributed by atoms with Crippen LogP contribution in [0.2, 0.25) is 0 Å². The van der Waals surface area contributed by atoms with Gasteiger partial charge in [0.2, 0.25) is 0 Å². The third-order valence-corrected chi connectivity index (χ3v) is 6.03. The van der Waals surface area contributed by atoms with Crippen molar-refractivity contribution in [1.82, 2.24) is 9.88 Å². The smallest absolute Gasteiger partial charge is 0.293 e. The van der Waals surface area contributed by atoms with Gasteiger partial charge in [-0.15, -0.1) is 23.7 Å². The van der Waals surface area contributed by atoms with Crippen molar-refractivity contribution in [2.45, 2.75) is 19.5 Å². The highest BCUT2D eigenvalue weighted by molar-refractivity contribution is 7.13. The Bertz CT molecular complexity index is 1300. The minimum atomic E-state index is -0.481. The first kappa shape index (κ1) is 21.2. The van der Waals surface area contributed by atoms with Gasteiger partial charge in [0.05, 0.1) is 11.1 Å². The number of anilines is 1. The number of rotatable bonds is 4. The second-order valence-corrected chi connectivity index (χ2v) is 8.16. The number of para-hydroxylation sites is 1. The summed E-state index contributed by atoms with van der Waals surface area (Å²) in [5.74, 6) is -0.506. The lowest BCUT2D eigenvalue weighted by atomic mass is 10.00. The van der Waals surface area contributed by atoms with Crippen LogP contribution in [0.4, 0.5) is 5.13 Å². The molecule has 1 aliphatic rings. The van der Waals surface area contributed by atoms with Gasteiger partial charge in [0.15, 0.2) is 16.3 Å². The number of amides is 1. The standard InChI is InChI=1S/C23H19N3O3S.ClH/c27-19-11-21(29-20-8-4-3-7-18(19)20)22(28)25-23-24-17(14-30-23)13-26-10-9-15-5-1-2-6-16(15)12-26;/h1-8,11,14H,9-10,12-13H2,(H,24,25,28);1H. The molecule has 0 aliphatic carbocycles. The summed E-state index contributed by atoms with van der Waals surface area (Å²) >= 11 is 1.37. The number of nitrogens with one attached hydrogen (secondary N) is 1. The molecular weight excluding hydrogens is 434 g/mol. The van der Waals surface area contributed by atoms with Crippen molar-refractivity contribution in [3.05, 3.63) is 92.8 Å². The Kier molecular flexibility index (Phi) is 6.18. The van der Waals surface area contributed by atoms with Crippen LogP contribution >= 0.6 is 23.7 Å². The van der Waals surface area contributed by atoms with E-state index in [1.54, 1.807) is 24.3 Å². The normalized spacial score (nSPS) is 13.4. The van der Waals surface area contributed by atoms with Crippen molar-refractivity contribution in [2.24, 2.45) is 0 Å². The van der Waals surface area contributed by atoms with E-state index in [0.717, 1.165) is 31.7 Å². The van der Waals surface area contributed by atoms with Gasteiger partial charge in [-0.2, -0.15) is 0 Å². The van der Waals surface area contributed by atoms with Gasteiger partial charge in [0, 0.05) is 31.1 Å². The molecule has 0 radical (unpaired) electrons. The van der Waals surface area contributed by atoms with Crippen LogP contribution in [-0.4, -0.2) is 22.3 Å². The monoisotopic (exact) mass is 453 g/mol. The van der Waals surface area contributed by atoms with Crippen LogP contribution in [0.1, 0.15) is 27.4 Å². The number of hydrogen-bond acceptors (Lipinski definition) is 6. The zero-order valence-corrected chi connectivity index (χ0v) is 18.2. The van der Waals surface area contributed by atoms with E-state index in [0.29, 0.717) is 16.1 Å². The van der Waals surface area contributed by atoms with Crippen LogP contribution < -0.4 is 10.7 Å². The van der Waals surface area contributed by atoms with Gasteiger partial charge in [-0.3, -0.25) is 19.8 Å². The highest BCUT2D eigenvalue weighted by Gasteiger charge is 2.18. The van der Waals surface area contributed by atoms with Crippen LogP contribution in [0.5, 0.6) is 0 Å². The van der Waals surface area contributed by atoms with Gasteiger partial charge >= 0.3 is 0 Å². The molecule has 2 aromatic heterocycles. The Balaban J connectivity index is 0.00000231. The number of nitrogens with zero attached hydrogens (tertiary/aromatic N) is 2. The van der Waals surface area contributed by atoms with Gasteiger partial charge in [-0.25, -0.2) is 4.98 Å². The number of benzene rings is 2. The Morgan fingerprint density at radius 1 is 1.13 bits per heavy atom. The summed E-state index contributed by atoms with van der Waals surface area (Å²) in [5.41, 5.74) is 3.83. The molecule has 6 nitrogen and oxygen atoms in total. The Labute approximate surface area is 188 Å². The van der Waals surface area contributed by atoms with Crippen LogP contribution in [0.15, 0.2) is 69.2 Å². The topological polar surface area (TPSA) is 75.4 Å². The summed E-state index contributed by atoms with van der Waals surface area (Å²) in [6.45, 7) is 2.61. The van der Waals surface area contributed by atoms with E-state index in [-0.39, 0.29) is 23.6 Å². The molecule has 0 bridgehead atoms. The predicted octanol–water partition coefficient (Wildman–Crippen LogP) is 4.48. The minimum Gasteiger partial charge on any atom is -0.451 e. The number of fused-ring (bicyclic) bond motifs is 2. The van der Waals surface area contributed by atoms with Gasteiger partial charge in [-0.05, 0) is 29.7 Å². The molecule has 31 heavy (non-hydrogen) atoms. The van der Waals surface area contributed by atoms with Crippen LogP contribution in [0.3, 0.4) is 0 Å². The van der Waals surface area contributed by atoms with E-state index in [1.807, 2.05) is 5.38 Å². The maximum atomic E-state index is 12.6. The average Bonchev–Trinajstić information content (AvgIpc) is 3.20. The van der Waals surface area contributed by atoms with E-state index in [1.165, 1.54) is 28.5 Å². The first-order chi connectivity index (χ1) is 14.7. The molecule has 0 unspecified atom stereocenters. The lowest BCUT2D eigenvalue weighted by Gasteiger charge is -2.27. The fourth-order valence-electron chi connectivity index (χ4n) is 3.73. The Hall–Kier alpha value is -3.00. The number of carbonyl (C=O) groups excluding carboxylic acids is 1. The summed E-state index contributed by atoms with van der Waals surface area (Å²) in [5, 5.41) is 5.63. The molecule has 3 heterocycles. The fourth-order valence-corrected chi connectivity index (χ4v) is 4.43. The maximum absolute atomic E-state index is 12.6. The van der Waals surface area contributed by atoms with Crippen molar-refractivity contribution in [3.8, 4) is 0 Å². The third-order valence-electron chi connectivity index (χ3n) is 5.23. The lowest BCUT2D eigenvalue weighted by Crippen LogP contribution is -2.30. The number of aromatic nitrogens is 1. The number of thiazole rings is 1. The van der Waals surface area contributed by atoms with Crippen molar-refractivity contribution in [2.75, 3.05) is 11.9 Å². The summed E-state index contributed by atoms with van der Waals surface area (Å²) < 4.78 is 5.59. The van der Waals surface area contributed by atoms with E-state index >= 15 is 0 Å². The van der Waals surface area contributed by atoms with E-state index in [2.05, 4.69) is 39.5 Å². The van der Waals surface area contributed by atoms with Gasteiger partial charge in [-0.1, -0.05) is 36.4 Å². The van der Waals surface area contributed by atoms with Crippen molar-refractivity contribution in [1.29, 1.82) is 0 Å². The van der Waals surface area contributed by atoms with Gasteiger partial charge in [0.25, 0.3) is 5.91 Å². The second-order valence-electron chi connectivity index (χ2n) is 7.30. The summed E-state index contributed by atoms with van der Waals surface area (Å²) in [6, 6.07) is 16.6. The third kappa shape index (κ3) is 4.54. The molecule has 1 N–H and O–H groups in total. The van der Waals surface area contributed by atoms with Crippen LogP contribution in [0, 0.1) is 0 Å². The summed E-state index contributed by atoms with van der Waals surface area (Å²) in [7, 11) is 0. The summed E-state index contributed by atoms with van der Waals surface area (Å²) in [4.78, 5) is 31.7. The average molecular weight is 454 g/mol. The first-order valence-corrected chi connectivity index (χ1v) is 10.6. The minimum absolute atomic E-state index is 0. The number of halogens is 1. The van der Waals surface area contributed by atoms with Gasteiger partial charge < -0.3 is 4.42 Å². The zero-order chi connectivity index (χ0) is 20.5. The molecule has 0 saturated heterocycles. The van der Waals surface area contributed by atoms with Crippen LogP contribution in [-0.2, 0) is 19.5 Å². The number of hydrogen-bond donors (Lipinski definition) is 1. The SMILES string of the molecule is Cl.O=C(Nc1nc(CN2CCc3ccccc3C2)cs1)c1cc(=O)c2ccccc2o1. The van der Waals surface area contributed by atoms with E-state index < -0.39 is 5.91 Å². The van der Waals surface area contributed by atoms with E-state index in [9.17, 15) is 9.59 Å². The Morgan fingerprint density at radius 2 is 1.90 bits per heavy atom. The fraction of sp³-hybridized carbons (Fsp3) is 0.174. The molecule has 0 saturated carbocycles. The molecule has 1 amide bonds. The second kappa shape index (κ2) is 9.01. The molecular formula is C23H20ClN3O3S. The predicted molar refractivity (Wildman–Crippen MR) is 124 cm³/mol. The van der Waals surface area contributed by atoms with Gasteiger partial charge in [0.1, 0.15) is 5.58 Å². The van der Waals surface area contributed by atoms with Crippen molar-refractivity contribution in [3.63, 3.8) is 0 Å². The summed E-state index contributed by atoms with van der Waals surface area (Å²) in [6.07, 6.45) is 1.03. The molecule has 2 aromatic carbocycles. The van der Waals surface area contributed by atoms with Crippen molar-refractivity contribution >= 4 is 45.8 Å². The van der Waals surface area contributed by atoms with Crippen molar-refractivity contribution < 1.29 is 9.21 Å². The molecule has 5 rings (SSSR count). The first-order valence-electron chi connectivity index (χ1n) is 9.73. The highest BCUT2D eigenvalue weighted by Crippen LogP contribution is 2.23. The lowest BCUT2D eigenvalue weighted by molar-refractivity contribution is 0.0997. The Morgan fingerprint density at radius 3 is 2.77 bits per heavy atom.